The van der Waals surface area contributed by atoms with E-state index in [-0.39, 0.29) is 23.7 Å². The lowest BCUT2D eigenvalue weighted by atomic mass is 9.85. The summed E-state index contributed by atoms with van der Waals surface area (Å²) in [5.74, 6) is 0.108. The lowest BCUT2D eigenvalue weighted by Gasteiger charge is -2.35. The van der Waals surface area contributed by atoms with E-state index >= 15 is 0 Å². The van der Waals surface area contributed by atoms with Crippen molar-refractivity contribution in [1.29, 1.82) is 0 Å². The average molecular weight is 463 g/mol. The quantitative estimate of drug-likeness (QED) is 0.563. The Labute approximate surface area is 193 Å². The summed E-state index contributed by atoms with van der Waals surface area (Å²) in [4.78, 5) is 28.1. The van der Waals surface area contributed by atoms with E-state index in [2.05, 4.69) is 12.2 Å². The number of hydrogen-bond donors (Lipinski definition) is 1. The van der Waals surface area contributed by atoms with Crippen molar-refractivity contribution in [2.24, 2.45) is 5.92 Å². The number of benzene rings is 2. The third-order valence-electron chi connectivity index (χ3n) is 5.85. The van der Waals surface area contributed by atoms with E-state index in [1.54, 1.807) is 55.6 Å². The molecule has 1 aliphatic rings. The minimum absolute atomic E-state index is 0.0781. The van der Waals surface area contributed by atoms with Gasteiger partial charge in [-0.15, -0.1) is 11.6 Å². The Morgan fingerprint density at radius 2 is 1.87 bits per heavy atom. The lowest BCUT2D eigenvalue weighted by molar-refractivity contribution is -0.126. The van der Waals surface area contributed by atoms with Gasteiger partial charge in [0.15, 0.2) is 0 Å². The molecule has 31 heavy (non-hydrogen) atoms. The van der Waals surface area contributed by atoms with Crippen LogP contribution in [0.2, 0.25) is 5.02 Å². The Hall–Kier alpha value is -2.24. The van der Waals surface area contributed by atoms with Crippen LogP contribution in [0.3, 0.4) is 0 Å². The highest BCUT2D eigenvalue weighted by Gasteiger charge is 2.34. The van der Waals surface area contributed by atoms with E-state index in [9.17, 15) is 9.59 Å². The second kappa shape index (κ2) is 10.9. The van der Waals surface area contributed by atoms with Crippen LogP contribution in [0.15, 0.2) is 48.5 Å². The molecule has 3 rings (SSSR count). The van der Waals surface area contributed by atoms with Crippen molar-refractivity contribution in [3.63, 3.8) is 0 Å². The van der Waals surface area contributed by atoms with Gasteiger partial charge in [0.25, 0.3) is 0 Å². The number of carbonyl (C=O) groups is 2. The highest BCUT2D eigenvalue weighted by atomic mass is 35.5. The van der Waals surface area contributed by atoms with Crippen LogP contribution in [0, 0.1) is 5.92 Å². The maximum absolute atomic E-state index is 13.6. The van der Waals surface area contributed by atoms with Crippen molar-refractivity contribution in [2.45, 2.75) is 44.7 Å². The number of alkyl halides is 1. The monoisotopic (exact) mass is 462 g/mol. The number of rotatable bonds is 7. The highest BCUT2D eigenvalue weighted by Crippen LogP contribution is 2.32. The predicted molar refractivity (Wildman–Crippen MR) is 125 cm³/mol. The summed E-state index contributed by atoms with van der Waals surface area (Å²) in [5, 5.41) is 3.76. The summed E-state index contributed by atoms with van der Waals surface area (Å²) in [6, 6.07) is 13.2. The van der Waals surface area contributed by atoms with Crippen molar-refractivity contribution in [2.75, 3.05) is 17.9 Å². The van der Waals surface area contributed by atoms with Crippen molar-refractivity contribution >= 4 is 40.7 Å². The molecule has 5 nitrogen and oxygen atoms in total. The SMILES string of the molecule is COc1cccc(N(C(=O)CCl)[C@H](C(=O)N[C@@H]2CCCC[C@@H]2C)c2ccc(Cl)cc2)c1. The molecule has 1 saturated carbocycles. The Bertz CT molecular complexity index is 904. The fourth-order valence-electron chi connectivity index (χ4n) is 4.12. The van der Waals surface area contributed by atoms with Gasteiger partial charge in [-0.2, -0.15) is 0 Å². The molecule has 0 spiro atoms. The second-order valence-electron chi connectivity index (χ2n) is 7.93. The molecule has 0 heterocycles. The van der Waals surface area contributed by atoms with Crippen LogP contribution < -0.4 is 15.0 Å². The topological polar surface area (TPSA) is 58.6 Å². The molecule has 0 aliphatic heterocycles. The number of nitrogens with zero attached hydrogens (tertiary/aromatic N) is 1. The summed E-state index contributed by atoms with van der Waals surface area (Å²) < 4.78 is 5.33. The average Bonchev–Trinajstić information content (AvgIpc) is 2.79. The van der Waals surface area contributed by atoms with E-state index in [4.69, 9.17) is 27.9 Å². The molecule has 0 bridgehead atoms. The Morgan fingerprint density at radius 1 is 1.16 bits per heavy atom. The van der Waals surface area contributed by atoms with Gasteiger partial charge in [0.2, 0.25) is 11.8 Å². The number of amides is 2. The molecule has 2 aromatic carbocycles. The molecule has 2 amide bonds. The molecule has 1 fully saturated rings. The number of ether oxygens (including phenoxy) is 1. The van der Waals surface area contributed by atoms with Gasteiger partial charge in [-0.1, -0.05) is 49.6 Å². The largest absolute Gasteiger partial charge is 0.497 e. The first-order valence-corrected chi connectivity index (χ1v) is 11.4. The molecule has 7 heteroatoms. The number of methoxy groups -OCH3 is 1. The predicted octanol–water partition coefficient (Wildman–Crippen LogP) is 5.36. The van der Waals surface area contributed by atoms with Crippen LogP contribution in [0.4, 0.5) is 5.69 Å². The van der Waals surface area contributed by atoms with Gasteiger partial charge >= 0.3 is 0 Å². The van der Waals surface area contributed by atoms with Crippen molar-refractivity contribution < 1.29 is 14.3 Å². The summed E-state index contributed by atoms with van der Waals surface area (Å²) in [5.41, 5.74) is 1.20. The van der Waals surface area contributed by atoms with E-state index in [0.717, 1.165) is 19.3 Å². The van der Waals surface area contributed by atoms with Gasteiger partial charge in [0, 0.05) is 22.8 Å². The first kappa shape index (κ1) is 23.4. The van der Waals surface area contributed by atoms with E-state index in [0.29, 0.717) is 27.9 Å². The molecule has 166 valence electrons. The van der Waals surface area contributed by atoms with Crippen LogP contribution in [0.1, 0.15) is 44.2 Å². The minimum Gasteiger partial charge on any atom is -0.497 e. The first-order chi connectivity index (χ1) is 14.9. The van der Waals surface area contributed by atoms with Gasteiger partial charge < -0.3 is 10.1 Å². The summed E-state index contributed by atoms with van der Waals surface area (Å²) in [7, 11) is 1.56. The minimum atomic E-state index is -0.884. The maximum atomic E-state index is 13.6. The summed E-state index contributed by atoms with van der Waals surface area (Å²) in [6.45, 7) is 2.16. The zero-order chi connectivity index (χ0) is 22.4. The zero-order valence-corrected chi connectivity index (χ0v) is 19.3. The highest BCUT2D eigenvalue weighted by molar-refractivity contribution is 6.30. The van der Waals surface area contributed by atoms with Crippen molar-refractivity contribution in [1.82, 2.24) is 5.32 Å². The van der Waals surface area contributed by atoms with Crippen LogP contribution in [0.5, 0.6) is 5.75 Å². The van der Waals surface area contributed by atoms with Crippen molar-refractivity contribution in [3.05, 3.63) is 59.1 Å². The first-order valence-electron chi connectivity index (χ1n) is 10.5. The third kappa shape index (κ3) is 5.72. The van der Waals surface area contributed by atoms with Crippen LogP contribution in [0.25, 0.3) is 0 Å². The van der Waals surface area contributed by atoms with Crippen LogP contribution in [-0.4, -0.2) is 30.8 Å². The van der Waals surface area contributed by atoms with E-state index < -0.39 is 6.04 Å². The number of hydrogen-bond acceptors (Lipinski definition) is 3. The molecule has 2 aromatic rings. The number of halogens is 2. The molecule has 1 N–H and O–H groups in total. The normalized spacial score (nSPS) is 19.4. The molecule has 0 saturated heterocycles. The van der Waals surface area contributed by atoms with Gasteiger partial charge in [-0.05, 0) is 48.6 Å². The molecule has 1 aliphatic carbocycles. The van der Waals surface area contributed by atoms with E-state index in [1.807, 2.05) is 0 Å². The Kier molecular flexibility index (Phi) is 8.22. The molecule has 0 radical (unpaired) electrons. The Morgan fingerprint density at radius 3 is 2.52 bits per heavy atom. The second-order valence-corrected chi connectivity index (χ2v) is 8.63. The molecular weight excluding hydrogens is 435 g/mol. The summed E-state index contributed by atoms with van der Waals surface area (Å²) >= 11 is 12.0. The fourth-order valence-corrected chi connectivity index (χ4v) is 4.37. The van der Waals surface area contributed by atoms with Crippen LogP contribution in [-0.2, 0) is 9.59 Å². The smallest absolute Gasteiger partial charge is 0.248 e. The van der Waals surface area contributed by atoms with Gasteiger partial charge in [0.05, 0.1) is 7.11 Å². The molecule has 0 aromatic heterocycles. The molecule has 3 atom stereocenters. The summed E-state index contributed by atoms with van der Waals surface area (Å²) in [6.07, 6.45) is 4.27. The van der Waals surface area contributed by atoms with Crippen LogP contribution >= 0.6 is 23.2 Å². The maximum Gasteiger partial charge on any atom is 0.248 e. The lowest BCUT2D eigenvalue weighted by Crippen LogP contribution is -2.49. The van der Waals surface area contributed by atoms with Crippen molar-refractivity contribution in [3.8, 4) is 5.75 Å². The van der Waals surface area contributed by atoms with Gasteiger partial charge in [-0.3, -0.25) is 14.5 Å². The zero-order valence-electron chi connectivity index (χ0n) is 17.8. The Balaban J connectivity index is 2.03. The van der Waals surface area contributed by atoms with Gasteiger partial charge in [0.1, 0.15) is 17.7 Å². The number of anilines is 1. The molecular formula is C24H28Cl2N2O3. The molecule has 0 unspecified atom stereocenters. The van der Waals surface area contributed by atoms with E-state index in [1.165, 1.54) is 11.3 Å². The van der Waals surface area contributed by atoms with Gasteiger partial charge in [-0.25, -0.2) is 0 Å². The third-order valence-corrected chi connectivity index (χ3v) is 6.33. The number of carbonyl (C=O) groups excluding carboxylic acids is 2. The number of nitrogens with one attached hydrogen (secondary N) is 1. The standard InChI is InChI=1S/C24H28Cl2N2O3/c1-16-6-3-4-9-21(16)27-24(30)23(17-10-12-18(26)13-11-17)28(22(29)15-25)19-7-5-8-20(14-19)31-2/h5,7-8,10-14,16,21,23H,3-4,6,9,15H2,1-2H3,(H,27,30)/t16-,21+,23-/m0/s1. The fraction of sp³-hybridized carbons (Fsp3) is 0.417.